The van der Waals surface area contributed by atoms with Crippen LogP contribution in [0, 0.1) is 5.82 Å². The van der Waals surface area contributed by atoms with Gasteiger partial charge in [-0.05, 0) is 18.1 Å². The van der Waals surface area contributed by atoms with Gasteiger partial charge in [-0.3, -0.25) is 0 Å². The van der Waals surface area contributed by atoms with E-state index in [4.69, 9.17) is 17.3 Å². The van der Waals surface area contributed by atoms with Crippen LogP contribution < -0.4 is 5.73 Å². The number of hydrogen-bond donors (Lipinski definition) is 1. The Labute approximate surface area is 95.2 Å². The number of hydrogen-bond acceptors (Lipinski definition) is 1. The summed E-state index contributed by atoms with van der Waals surface area (Å²) in [6, 6.07) is 3.00. The molecule has 16 heavy (non-hydrogen) atoms. The molecule has 0 spiro atoms. The predicted molar refractivity (Wildman–Crippen MR) is 53.6 cm³/mol. The maximum absolute atomic E-state index is 13.0. The van der Waals surface area contributed by atoms with E-state index in [2.05, 4.69) is 0 Å². The highest BCUT2D eigenvalue weighted by Gasteiger charge is 2.28. The summed E-state index contributed by atoms with van der Waals surface area (Å²) >= 11 is 5.60. The molecular weight excluding hydrogens is 246 g/mol. The van der Waals surface area contributed by atoms with Crippen LogP contribution in [-0.4, -0.2) is 6.18 Å². The Bertz CT molecular complexity index is 364. The molecule has 0 amide bonds. The van der Waals surface area contributed by atoms with E-state index in [-0.39, 0.29) is 17.0 Å². The highest BCUT2D eigenvalue weighted by Crippen LogP contribution is 2.30. The number of alkyl halides is 3. The molecule has 1 atom stereocenters. The Morgan fingerprint density at radius 2 is 1.94 bits per heavy atom. The third kappa shape index (κ3) is 3.64. The third-order valence-electron chi connectivity index (χ3n) is 2.12. The summed E-state index contributed by atoms with van der Waals surface area (Å²) in [5.74, 6) is -0.679. The minimum atomic E-state index is -4.27. The van der Waals surface area contributed by atoms with Gasteiger partial charge in [0, 0.05) is 12.5 Å². The number of nitrogens with two attached hydrogens (primary N) is 1. The van der Waals surface area contributed by atoms with Crippen molar-refractivity contribution in [2.45, 2.75) is 25.1 Å². The largest absolute Gasteiger partial charge is 0.389 e. The topological polar surface area (TPSA) is 26.0 Å². The van der Waals surface area contributed by atoms with Crippen molar-refractivity contribution in [3.05, 3.63) is 34.6 Å². The van der Waals surface area contributed by atoms with Crippen LogP contribution >= 0.6 is 11.6 Å². The molecule has 1 aromatic carbocycles. The maximum Gasteiger partial charge on any atom is 0.389 e. The van der Waals surface area contributed by atoms with Crippen LogP contribution in [0.4, 0.5) is 17.6 Å². The smallest absolute Gasteiger partial charge is 0.324 e. The molecule has 0 fully saturated rings. The van der Waals surface area contributed by atoms with Gasteiger partial charge >= 0.3 is 6.18 Å². The van der Waals surface area contributed by atoms with Gasteiger partial charge in [0.1, 0.15) is 5.82 Å². The van der Waals surface area contributed by atoms with Crippen LogP contribution in [0.15, 0.2) is 18.2 Å². The van der Waals surface area contributed by atoms with Crippen molar-refractivity contribution < 1.29 is 17.6 Å². The molecule has 0 bridgehead atoms. The zero-order valence-corrected chi connectivity index (χ0v) is 8.95. The Morgan fingerprint density at radius 1 is 1.31 bits per heavy atom. The van der Waals surface area contributed by atoms with Crippen molar-refractivity contribution in [3.63, 3.8) is 0 Å². The van der Waals surface area contributed by atoms with E-state index in [0.717, 1.165) is 6.07 Å². The predicted octanol–water partition coefficient (Wildman–Crippen LogP) is 3.82. The lowest BCUT2D eigenvalue weighted by molar-refractivity contribution is -0.136. The van der Waals surface area contributed by atoms with Gasteiger partial charge in [0.2, 0.25) is 0 Å². The first kappa shape index (κ1) is 13.3. The summed E-state index contributed by atoms with van der Waals surface area (Å²) < 4.78 is 48.9. The van der Waals surface area contributed by atoms with Crippen LogP contribution in [0.1, 0.15) is 24.4 Å². The summed E-state index contributed by atoms with van der Waals surface area (Å²) in [5, 5.41) is -0.211. The Kier molecular flexibility index (Phi) is 4.15. The second-order valence-electron chi connectivity index (χ2n) is 3.40. The van der Waals surface area contributed by atoms with Crippen LogP contribution in [0.3, 0.4) is 0 Å². The third-order valence-corrected chi connectivity index (χ3v) is 2.52. The molecule has 0 unspecified atom stereocenters. The quantitative estimate of drug-likeness (QED) is 0.817. The molecule has 0 radical (unpaired) electrons. The van der Waals surface area contributed by atoms with E-state index < -0.39 is 24.5 Å². The van der Waals surface area contributed by atoms with E-state index in [1.807, 2.05) is 0 Å². The molecule has 6 heteroatoms. The van der Waals surface area contributed by atoms with Gasteiger partial charge in [0.25, 0.3) is 0 Å². The number of benzene rings is 1. The molecule has 0 saturated heterocycles. The van der Waals surface area contributed by atoms with Crippen molar-refractivity contribution in [3.8, 4) is 0 Å². The number of rotatable bonds is 3. The molecule has 1 aromatic rings. The summed E-state index contributed by atoms with van der Waals surface area (Å²) in [6.45, 7) is 0. The fourth-order valence-corrected chi connectivity index (χ4v) is 1.55. The monoisotopic (exact) mass is 255 g/mol. The zero-order chi connectivity index (χ0) is 12.3. The second-order valence-corrected chi connectivity index (χ2v) is 3.78. The molecule has 2 N–H and O–H groups in total. The first-order valence-electron chi connectivity index (χ1n) is 4.57. The molecule has 0 saturated carbocycles. The lowest BCUT2D eigenvalue weighted by Gasteiger charge is -2.15. The fraction of sp³-hybridized carbons (Fsp3) is 0.400. The molecule has 0 heterocycles. The average Bonchev–Trinajstić information content (AvgIpc) is 2.17. The molecule has 90 valence electrons. The first-order valence-corrected chi connectivity index (χ1v) is 4.95. The molecule has 0 aliphatic heterocycles. The number of halogens is 5. The van der Waals surface area contributed by atoms with Crippen LogP contribution in [0.25, 0.3) is 0 Å². The van der Waals surface area contributed by atoms with Crippen molar-refractivity contribution in [1.29, 1.82) is 0 Å². The van der Waals surface area contributed by atoms with Crippen molar-refractivity contribution in [2.24, 2.45) is 5.73 Å². The molecule has 0 aliphatic rings. The Hall–Kier alpha value is -0.810. The normalized spacial score (nSPS) is 13.9. The van der Waals surface area contributed by atoms with Gasteiger partial charge < -0.3 is 5.73 Å². The minimum absolute atomic E-state index is 0.200. The highest BCUT2D eigenvalue weighted by atomic mass is 35.5. The van der Waals surface area contributed by atoms with E-state index in [9.17, 15) is 17.6 Å². The summed E-state index contributed by atoms with van der Waals surface area (Å²) in [7, 11) is 0. The van der Waals surface area contributed by atoms with Gasteiger partial charge in [-0.2, -0.15) is 13.2 Å². The van der Waals surface area contributed by atoms with Gasteiger partial charge in [-0.1, -0.05) is 23.7 Å². The zero-order valence-electron chi connectivity index (χ0n) is 8.19. The van der Waals surface area contributed by atoms with Crippen LogP contribution in [-0.2, 0) is 0 Å². The van der Waals surface area contributed by atoms with Crippen molar-refractivity contribution in [1.82, 2.24) is 0 Å². The van der Waals surface area contributed by atoms with Gasteiger partial charge in [-0.25, -0.2) is 4.39 Å². The Morgan fingerprint density at radius 3 is 2.50 bits per heavy atom. The van der Waals surface area contributed by atoms with Gasteiger partial charge in [0.05, 0.1) is 5.02 Å². The minimum Gasteiger partial charge on any atom is -0.324 e. The molecule has 1 rings (SSSR count). The van der Waals surface area contributed by atoms with E-state index in [1.54, 1.807) is 0 Å². The SMILES string of the molecule is N[C@H](CCC(F)(F)F)c1cccc(F)c1Cl. The van der Waals surface area contributed by atoms with Gasteiger partial charge in [-0.15, -0.1) is 0 Å². The first-order chi connectivity index (χ1) is 7.31. The standard InChI is InChI=1S/C10H10ClF4N/c11-9-6(2-1-3-7(9)12)8(16)4-5-10(13,14)15/h1-3,8H,4-5,16H2/t8-/m1/s1. The Balaban J connectivity index is 2.73. The molecule has 0 aliphatic carbocycles. The van der Waals surface area contributed by atoms with E-state index in [0.29, 0.717) is 0 Å². The van der Waals surface area contributed by atoms with E-state index >= 15 is 0 Å². The molecule has 0 aromatic heterocycles. The summed E-state index contributed by atoms with van der Waals surface area (Å²) in [4.78, 5) is 0. The molecule has 1 nitrogen and oxygen atoms in total. The van der Waals surface area contributed by atoms with Gasteiger partial charge in [0.15, 0.2) is 0 Å². The summed E-state index contributed by atoms with van der Waals surface area (Å²) in [6.07, 6.45) is -5.59. The van der Waals surface area contributed by atoms with Crippen LogP contribution in [0.2, 0.25) is 5.02 Å². The second kappa shape index (κ2) is 5.01. The lowest BCUT2D eigenvalue weighted by atomic mass is 10.0. The maximum atomic E-state index is 13.0. The molecular formula is C10H10ClF4N. The lowest BCUT2D eigenvalue weighted by Crippen LogP contribution is -2.16. The highest BCUT2D eigenvalue weighted by molar-refractivity contribution is 6.31. The van der Waals surface area contributed by atoms with Crippen LogP contribution in [0.5, 0.6) is 0 Å². The van der Waals surface area contributed by atoms with E-state index in [1.165, 1.54) is 12.1 Å². The summed E-state index contributed by atoms with van der Waals surface area (Å²) in [5.41, 5.74) is 5.72. The van der Waals surface area contributed by atoms with Crippen molar-refractivity contribution >= 4 is 11.6 Å². The fourth-order valence-electron chi connectivity index (χ4n) is 1.28. The average molecular weight is 256 g/mol. The van der Waals surface area contributed by atoms with Crippen molar-refractivity contribution in [2.75, 3.05) is 0 Å².